The predicted molar refractivity (Wildman–Crippen MR) is 31.7 cm³/mol. The molecule has 0 spiro atoms. The van der Waals surface area contributed by atoms with Crippen LogP contribution >= 0.6 is 0 Å². The van der Waals surface area contributed by atoms with Crippen LogP contribution in [0.25, 0.3) is 0 Å². The van der Waals surface area contributed by atoms with Crippen molar-refractivity contribution >= 4 is 0 Å². The molecular weight excluding hydrogens is 100 g/mol. The van der Waals surface area contributed by atoms with Gasteiger partial charge in [0, 0.05) is 6.61 Å². The molecule has 0 aromatic rings. The normalized spacial score (nSPS) is 45.0. The second-order valence-corrected chi connectivity index (χ2v) is 2.89. The van der Waals surface area contributed by atoms with Crippen LogP contribution in [-0.2, 0) is 4.74 Å². The molecule has 1 heteroatoms. The third-order valence-electron chi connectivity index (χ3n) is 2.40. The van der Waals surface area contributed by atoms with Crippen LogP contribution in [0.15, 0.2) is 0 Å². The molecule has 8 heavy (non-hydrogen) atoms. The average Bonchev–Trinajstić information content (AvgIpc) is 1.72. The Hall–Kier alpha value is -0.0400. The van der Waals surface area contributed by atoms with Gasteiger partial charge >= 0.3 is 0 Å². The minimum absolute atomic E-state index is 0.684. The fourth-order valence-corrected chi connectivity index (χ4v) is 1.67. The Kier molecular flexibility index (Phi) is 1.04. The lowest BCUT2D eigenvalue weighted by Crippen LogP contribution is -2.37. The Bertz CT molecular complexity index is 78.4. The first-order valence-corrected chi connectivity index (χ1v) is 3.58. The zero-order valence-electron chi connectivity index (χ0n) is 5.10. The average molecular weight is 112 g/mol. The highest BCUT2D eigenvalue weighted by Crippen LogP contribution is 2.36. The van der Waals surface area contributed by atoms with Gasteiger partial charge in [0.2, 0.25) is 0 Å². The monoisotopic (exact) mass is 112 g/mol. The van der Waals surface area contributed by atoms with Crippen LogP contribution in [-0.4, -0.2) is 12.7 Å². The molecule has 1 nitrogen and oxygen atoms in total. The Morgan fingerprint density at radius 2 is 2.12 bits per heavy atom. The molecule has 2 rings (SSSR count). The maximum absolute atomic E-state index is 5.48. The molecule has 2 atom stereocenters. The molecule has 2 fully saturated rings. The van der Waals surface area contributed by atoms with Crippen molar-refractivity contribution in [1.29, 1.82) is 0 Å². The molecule has 0 bridgehead atoms. The number of rotatable bonds is 0. The molecule has 46 valence electrons. The predicted octanol–water partition coefficient (Wildman–Crippen LogP) is 1.58. The lowest BCUT2D eigenvalue weighted by Gasteiger charge is -2.40. The highest BCUT2D eigenvalue weighted by molar-refractivity contribution is 4.83. The molecule has 1 aliphatic heterocycles. The van der Waals surface area contributed by atoms with Gasteiger partial charge in [-0.1, -0.05) is 0 Å². The van der Waals surface area contributed by atoms with Crippen molar-refractivity contribution in [2.45, 2.75) is 31.8 Å². The van der Waals surface area contributed by atoms with Crippen molar-refractivity contribution in [3.63, 3.8) is 0 Å². The molecule has 0 radical (unpaired) electrons. The highest BCUT2D eigenvalue weighted by Gasteiger charge is 2.33. The van der Waals surface area contributed by atoms with Crippen LogP contribution in [0.4, 0.5) is 0 Å². The van der Waals surface area contributed by atoms with E-state index in [1.807, 2.05) is 0 Å². The molecule has 0 amide bonds. The summed E-state index contributed by atoms with van der Waals surface area (Å²) in [6.07, 6.45) is 6.20. The Balaban J connectivity index is 1.92. The van der Waals surface area contributed by atoms with E-state index in [0.717, 1.165) is 12.5 Å². The lowest BCUT2D eigenvalue weighted by atomic mass is 9.77. The SMILES string of the molecule is C1COC2CC[C@H]2C1. The molecule has 1 unspecified atom stereocenters. The van der Waals surface area contributed by atoms with Gasteiger partial charge in [0.15, 0.2) is 0 Å². The summed E-state index contributed by atoms with van der Waals surface area (Å²) in [6, 6.07) is 0. The summed E-state index contributed by atoms with van der Waals surface area (Å²) in [5.41, 5.74) is 0. The van der Waals surface area contributed by atoms with Crippen LogP contribution in [0, 0.1) is 5.92 Å². The van der Waals surface area contributed by atoms with Crippen LogP contribution in [0.5, 0.6) is 0 Å². The number of fused-ring (bicyclic) bond motifs is 1. The van der Waals surface area contributed by atoms with Gasteiger partial charge in [0.1, 0.15) is 0 Å². The summed E-state index contributed by atoms with van der Waals surface area (Å²) in [5, 5.41) is 0. The van der Waals surface area contributed by atoms with E-state index < -0.39 is 0 Å². The summed E-state index contributed by atoms with van der Waals surface area (Å²) in [6.45, 7) is 1.03. The van der Waals surface area contributed by atoms with Gasteiger partial charge in [-0.3, -0.25) is 0 Å². The number of hydrogen-bond donors (Lipinski definition) is 0. The van der Waals surface area contributed by atoms with E-state index in [9.17, 15) is 0 Å². The fraction of sp³-hybridized carbons (Fsp3) is 1.00. The maximum Gasteiger partial charge on any atom is 0.0603 e. The van der Waals surface area contributed by atoms with Crippen molar-refractivity contribution in [3.8, 4) is 0 Å². The second kappa shape index (κ2) is 1.73. The Morgan fingerprint density at radius 1 is 1.12 bits per heavy atom. The third-order valence-corrected chi connectivity index (χ3v) is 2.40. The van der Waals surface area contributed by atoms with Gasteiger partial charge in [-0.2, -0.15) is 0 Å². The largest absolute Gasteiger partial charge is 0.378 e. The molecule has 1 saturated carbocycles. The first-order valence-electron chi connectivity index (χ1n) is 3.58. The molecule has 1 heterocycles. The molecule has 1 saturated heterocycles. The second-order valence-electron chi connectivity index (χ2n) is 2.89. The molecular formula is C7H12O. The summed E-state index contributed by atoms with van der Waals surface area (Å²) in [4.78, 5) is 0. The summed E-state index contributed by atoms with van der Waals surface area (Å²) >= 11 is 0. The molecule has 1 aliphatic carbocycles. The van der Waals surface area contributed by atoms with Crippen molar-refractivity contribution in [2.75, 3.05) is 6.61 Å². The van der Waals surface area contributed by atoms with E-state index >= 15 is 0 Å². The third kappa shape index (κ3) is 0.576. The van der Waals surface area contributed by atoms with Gasteiger partial charge in [-0.25, -0.2) is 0 Å². The summed E-state index contributed by atoms with van der Waals surface area (Å²) in [5.74, 6) is 0.962. The van der Waals surface area contributed by atoms with Gasteiger partial charge < -0.3 is 4.74 Å². The van der Waals surface area contributed by atoms with Crippen molar-refractivity contribution in [1.82, 2.24) is 0 Å². The smallest absolute Gasteiger partial charge is 0.0603 e. The van der Waals surface area contributed by atoms with Crippen molar-refractivity contribution in [3.05, 3.63) is 0 Å². The molecule has 2 aliphatic rings. The van der Waals surface area contributed by atoms with Crippen molar-refractivity contribution < 1.29 is 4.74 Å². The van der Waals surface area contributed by atoms with E-state index in [1.165, 1.54) is 25.7 Å². The van der Waals surface area contributed by atoms with Gasteiger partial charge in [0.25, 0.3) is 0 Å². The van der Waals surface area contributed by atoms with Gasteiger partial charge in [0.05, 0.1) is 6.10 Å². The lowest BCUT2D eigenvalue weighted by molar-refractivity contribution is -0.0821. The quantitative estimate of drug-likeness (QED) is 0.462. The summed E-state index contributed by atoms with van der Waals surface area (Å²) in [7, 11) is 0. The molecule has 0 aromatic carbocycles. The van der Waals surface area contributed by atoms with E-state index in [-0.39, 0.29) is 0 Å². The first-order chi connectivity index (χ1) is 3.97. The summed E-state index contributed by atoms with van der Waals surface area (Å²) < 4.78 is 5.48. The van der Waals surface area contributed by atoms with E-state index in [1.54, 1.807) is 0 Å². The van der Waals surface area contributed by atoms with Crippen LogP contribution < -0.4 is 0 Å². The minimum atomic E-state index is 0.684. The van der Waals surface area contributed by atoms with Crippen LogP contribution in [0.1, 0.15) is 25.7 Å². The number of ether oxygens (including phenoxy) is 1. The first kappa shape index (κ1) is 4.80. The van der Waals surface area contributed by atoms with E-state index in [0.29, 0.717) is 6.10 Å². The Morgan fingerprint density at radius 3 is 2.50 bits per heavy atom. The maximum atomic E-state index is 5.48. The van der Waals surface area contributed by atoms with E-state index in [2.05, 4.69) is 0 Å². The van der Waals surface area contributed by atoms with Crippen LogP contribution in [0.3, 0.4) is 0 Å². The Labute approximate surface area is 50.0 Å². The van der Waals surface area contributed by atoms with E-state index in [4.69, 9.17) is 4.74 Å². The highest BCUT2D eigenvalue weighted by atomic mass is 16.5. The standard InChI is InChI=1S/C7H12O/c1-2-6-3-4-7(6)8-5-1/h6-7H,1-5H2/t6-,7?/m1/s1. The fourth-order valence-electron chi connectivity index (χ4n) is 1.67. The van der Waals surface area contributed by atoms with Crippen LogP contribution in [0.2, 0.25) is 0 Å². The van der Waals surface area contributed by atoms with Gasteiger partial charge in [-0.05, 0) is 31.6 Å². The topological polar surface area (TPSA) is 9.23 Å². The minimum Gasteiger partial charge on any atom is -0.378 e. The zero-order chi connectivity index (χ0) is 5.40. The van der Waals surface area contributed by atoms with Gasteiger partial charge in [-0.15, -0.1) is 0 Å². The van der Waals surface area contributed by atoms with Crippen molar-refractivity contribution in [2.24, 2.45) is 5.92 Å². The number of hydrogen-bond acceptors (Lipinski definition) is 1. The molecule has 0 N–H and O–H groups in total. The zero-order valence-corrected chi connectivity index (χ0v) is 5.10. The molecule has 0 aromatic heterocycles.